The summed E-state index contributed by atoms with van der Waals surface area (Å²) in [6, 6.07) is 21.3. The lowest BCUT2D eigenvalue weighted by Crippen LogP contribution is -2.37. The van der Waals surface area contributed by atoms with Gasteiger partial charge in [-0.2, -0.15) is 0 Å². The van der Waals surface area contributed by atoms with Crippen molar-refractivity contribution in [2.24, 2.45) is 5.92 Å². The smallest absolute Gasteiger partial charge is 0.269 e. The van der Waals surface area contributed by atoms with Gasteiger partial charge in [0.25, 0.3) is 11.6 Å². The lowest BCUT2D eigenvalue weighted by molar-refractivity contribution is -0.384. The Balaban J connectivity index is 1.49. The second kappa shape index (κ2) is 9.79. The number of imide groups is 1. The van der Waals surface area contributed by atoms with Crippen molar-refractivity contribution in [1.82, 2.24) is 0 Å². The maximum absolute atomic E-state index is 13.7. The maximum Gasteiger partial charge on any atom is 0.269 e. The van der Waals surface area contributed by atoms with Gasteiger partial charge in [-0.3, -0.25) is 24.5 Å². The summed E-state index contributed by atoms with van der Waals surface area (Å²) in [6.07, 6.45) is 0.897. The monoisotopic (exact) mass is 487 g/mol. The number of ether oxygens (including phenoxy) is 1. The predicted molar refractivity (Wildman–Crippen MR) is 132 cm³/mol. The van der Waals surface area contributed by atoms with E-state index in [9.17, 15) is 19.7 Å². The number of hydrogen-bond donors (Lipinski definition) is 0. The third-order valence-corrected chi connectivity index (χ3v) is 6.41. The van der Waals surface area contributed by atoms with E-state index < -0.39 is 34.8 Å². The molecule has 2 aliphatic heterocycles. The Morgan fingerprint density at radius 1 is 0.944 bits per heavy atom. The number of non-ortho nitro benzene ring substituents is 1. The van der Waals surface area contributed by atoms with Gasteiger partial charge in [-0.1, -0.05) is 43.7 Å². The number of carbonyl (C=O) groups is 2. The number of nitro benzene ring substituents is 1. The van der Waals surface area contributed by atoms with Crippen LogP contribution < -0.4 is 14.7 Å². The number of hydrogen-bond acceptors (Lipinski definition) is 7. The van der Waals surface area contributed by atoms with Crippen LogP contribution in [0.3, 0.4) is 0 Å². The number of nitro groups is 1. The van der Waals surface area contributed by atoms with E-state index in [0.29, 0.717) is 29.3 Å². The summed E-state index contributed by atoms with van der Waals surface area (Å²) in [5.74, 6) is -1.11. The number of anilines is 2. The van der Waals surface area contributed by atoms with Gasteiger partial charge in [0, 0.05) is 12.1 Å². The molecule has 2 saturated heterocycles. The summed E-state index contributed by atoms with van der Waals surface area (Å²) in [6.45, 7) is 2.67. The third-order valence-electron chi connectivity index (χ3n) is 6.41. The molecule has 36 heavy (non-hydrogen) atoms. The van der Waals surface area contributed by atoms with Crippen LogP contribution in [-0.2, 0) is 14.4 Å². The van der Waals surface area contributed by atoms with Crippen LogP contribution in [-0.4, -0.2) is 29.4 Å². The van der Waals surface area contributed by atoms with Gasteiger partial charge in [0.15, 0.2) is 6.10 Å². The SMILES string of the molecule is CCCCOc1ccc(N2C(=O)[C@@H]3[C@H](ON(c4ccccc4)[C@H]3c3cccc([N+](=O)[O-])c3)C2=O)cc1. The summed E-state index contributed by atoms with van der Waals surface area (Å²) in [4.78, 5) is 45.3. The highest BCUT2D eigenvalue weighted by Gasteiger charge is 2.60. The van der Waals surface area contributed by atoms with E-state index >= 15 is 0 Å². The van der Waals surface area contributed by atoms with E-state index in [1.807, 2.05) is 18.2 Å². The third kappa shape index (κ3) is 4.18. The average molecular weight is 488 g/mol. The Bertz CT molecular complexity index is 1280. The molecule has 3 aromatic carbocycles. The molecule has 9 nitrogen and oxygen atoms in total. The van der Waals surface area contributed by atoms with Crippen molar-refractivity contribution in [3.63, 3.8) is 0 Å². The number of para-hydroxylation sites is 1. The highest BCUT2D eigenvalue weighted by atomic mass is 16.7. The Hall–Kier alpha value is -4.24. The van der Waals surface area contributed by atoms with E-state index in [1.165, 1.54) is 17.2 Å². The Labute approximate surface area is 207 Å². The van der Waals surface area contributed by atoms with Crippen molar-refractivity contribution < 1.29 is 24.1 Å². The highest BCUT2D eigenvalue weighted by Crippen LogP contribution is 2.48. The van der Waals surface area contributed by atoms with Crippen molar-refractivity contribution in [3.05, 3.63) is 94.5 Å². The molecule has 2 aliphatic rings. The van der Waals surface area contributed by atoms with Crippen LogP contribution in [0.5, 0.6) is 5.75 Å². The lowest BCUT2D eigenvalue weighted by atomic mass is 9.90. The van der Waals surface area contributed by atoms with Crippen LogP contribution in [0.2, 0.25) is 0 Å². The summed E-state index contributed by atoms with van der Waals surface area (Å²) in [5.41, 5.74) is 1.48. The number of rotatable bonds is 8. The number of fused-ring (bicyclic) bond motifs is 1. The van der Waals surface area contributed by atoms with E-state index in [-0.39, 0.29) is 5.69 Å². The molecule has 0 aliphatic carbocycles. The number of benzene rings is 3. The van der Waals surface area contributed by atoms with Crippen LogP contribution in [0.1, 0.15) is 31.4 Å². The normalized spacial score (nSPS) is 21.1. The molecular weight excluding hydrogens is 462 g/mol. The van der Waals surface area contributed by atoms with Crippen LogP contribution >= 0.6 is 0 Å². The van der Waals surface area contributed by atoms with Crippen LogP contribution in [0.4, 0.5) is 17.1 Å². The van der Waals surface area contributed by atoms with Gasteiger partial charge in [-0.25, -0.2) is 9.96 Å². The van der Waals surface area contributed by atoms with Gasteiger partial charge in [0.05, 0.1) is 28.9 Å². The first-order chi connectivity index (χ1) is 17.5. The molecule has 2 fully saturated rings. The van der Waals surface area contributed by atoms with Crippen molar-refractivity contribution in [3.8, 4) is 5.75 Å². The zero-order valence-corrected chi connectivity index (χ0v) is 19.7. The minimum absolute atomic E-state index is 0.101. The number of amides is 2. The standard InChI is InChI=1S/C27H25N3O6/c1-2-3-16-35-22-14-12-19(13-15-22)28-26(31)23-24(18-8-7-11-21(17-18)30(33)34)29(36-25(23)27(28)32)20-9-5-4-6-10-20/h4-15,17,23-25H,2-3,16H2,1H3/t23-,24-,25-/m0/s1. The number of unbranched alkanes of at least 4 members (excludes halogenated alkanes) is 1. The second-order valence-electron chi connectivity index (χ2n) is 8.72. The van der Waals surface area contributed by atoms with E-state index in [4.69, 9.17) is 9.57 Å². The van der Waals surface area contributed by atoms with Gasteiger partial charge in [0.2, 0.25) is 5.91 Å². The average Bonchev–Trinajstić information content (AvgIpc) is 3.41. The molecule has 3 aromatic rings. The second-order valence-corrected chi connectivity index (χ2v) is 8.72. The van der Waals surface area contributed by atoms with Gasteiger partial charge in [0.1, 0.15) is 11.7 Å². The molecule has 0 unspecified atom stereocenters. The fourth-order valence-electron chi connectivity index (χ4n) is 4.65. The first-order valence-electron chi connectivity index (χ1n) is 11.9. The Morgan fingerprint density at radius 3 is 2.39 bits per heavy atom. The molecule has 5 rings (SSSR count). The molecule has 0 N–H and O–H groups in total. The van der Waals surface area contributed by atoms with Crippen molar-refractivity contribution in [2.45, 2.75) is 31.9 Å². The maximum atomic E-state index is 13.7. The number of carbonyl (C=O) groups excluding carboxylic acids is 2. The molecule has 0 bridgehead atoms. The zero-order valence-electron chi connectivity index (χ0n) is 19.7. The van der Waals surface area contributed by atoms with Crippen LogP contribution in [0.25, 0.3) is 0 Å². The fraction of sp³-hybridized carbons (Fsp3) is 0.259. The largest absolute Gasteiger partial charge is 0.494 e. The predicted octanol–water partition coefficient (Wildman–Crippen LogP) is 4.82. The van der Waals surface area contributed by atoms with Gasteiger partial charge in [-0.15, -0.1) is 0 Å². The van der Waals surface area contributed by atoms with Gasteiger partial charge < -0.3 is 4.74 Å². The molecule has 3 atom stereocenters. The Kier molecular flexibility index (Phi) is 6.39. The minimum atomic E-state index is -1.05. The molecule has 0 saturated carbocycles. The molecule has 0 radical (unpaired) electrons. The van der Waals surface area contributed by atoms with E-state index in [2.05, 4.69) is 6.92 Å². The van der Waals surface area contributed by atoms with Crippen molar-refractivity contribution in [2.75, 3.05) is 16.6 Å². The molecule has 9 heteroatoms. The van der Waals surface area contributed by atoms with Crippen LogP contribution in [0.15, 0.2) is 78.9 Å². The molecule has 2 amide bonds. The molecule has 184 valence electrons. The summed E-state index contributed by atoms with van der Waals surface area (Å²) in [7, 11) is 0. The van der Waals surface area contributed by atoms with E-state index in [1.54, 1.807) is 48.5 Å². The Morgan fingerprint density at radius 2 is 1.69 bits per heavy atom. The molecular formula is C27H25N3O6. The van der Waals surface area contributed by atoms with Gasteiger partial charge >= 0.3 is 0 Å². The summed E-state index contributed by atoms with van der Waals surface area (Å²) in [5, 5.41) is 13.0. The number of hydroxylamine groups is 1. The zero-order chi connectivity index (χ0) is 25.2. The van der Waals surface area contributed by atoms with Crippen molar-refractivity contribution >= 4 is 28.9 Å². The number of nitrogens with zero attached hydrogens (tertiary/aromatic N) is 3. The van der Waals surface area contributed by atoms with Crippen LogP contribution in [0, 0.1) is 16.0 Å². The topological polar surface area (TPSA) is 102 Å². The molecule has 2 heterocycles. The summed E-state index contributed by atoms with van der Waals surface area (Å²) >= 11 is 0. The lowest BCUT2D eigenvalue weighted by Gasteiger charge is -2.28. The fourth-order valence-corrected chi connectivity index (χ4v) is 4.65. The van der Waals surface area contributed by atoms with Gasteiger partial charge in [-0.05, 0) is 48.4 Å². The highest BCUT2D eigenvalue weighted by molar-refractivity contribution is 6.23. The first kappa shape index (κ1) is 23.5. The molecule has 0 spiro atoms. The van der Waals surface area contributed by atoms with E-state index in [0.717, 1.165) is 17.7 Å². The van der Waals surface area contributed by atoms with Crippen molar-refractivity contribution in [1.29, 1.82) is 0 Å². The minimum Gasteiger partial charge on any atom is -0.494 e. The first-order valence-corrected chi connectivity index (χ1v) is 11.9. The summed E-state index contributed by atoms with van der Waals surface area (Å²) < 4.78 is 5.69. The quantitative estimate of drug-likeness (QED) is 0.194. The molecule has 0 aromatic heterocycles.